The van der Waals surface area contributed by atoms with E-state index in [-0.39, 0.29) is 11.5 Å². The molecular weight excluding hydrogens is 400 g/mol. The van der Waals surface area contributed by atoms with Gasteiger partial charge in [-0.2, -0.15) is 0 Å². The number of nitrogens with zero attached hydrogens (tertiary/aromatic N) is 2. The number of rotatable bonds is 6. The van der Waals surface area contributed by atoms with Crippen LogP contribution in [0.4, 0.5) is 5.69 Å². The van der Waals surface area contributed by atoms with E-state index < -0.39 is 0 Å². The van der Waals surface area contributed by atoms with E-state index in [1.54, 1.807) is 12.1 Å². The Morgan fingerprint density at radius 2 is 1.72 bits per heavy atom. The summed E-state index contributed by atoms with van der Waals surface area (Å²) in [4.78, 5) is 17.8. The molecule has 0 aromatic heterocycles. The third-order valence-corrected chi connectivity index (χ3v) is 6.62. The Morgan fingerprint density at radius 1 is 1.06 bits per heavy atom. The van der Waals surface area contributed by atoms with Crippen molar-refractivity contribution in [2.24, 2.45) is 0 Å². The molecule has 4 rings (SSSR count). The summed E-state index contributed by atoms with van der Waals surface area (Å²) in [6.07, 6.45) is 6.65. The third kappa shape index (κ3) is 4.53. The molecule has 0 amide bonds. The van der Waals surface area contributed by atoms with Gasteiger partial charge in [0, 0.05) is 25.3 Å². The van der Waals surface area contributed by atoms with Crippen molar-refractivity contribution in [1.82, 2.24) is 4.90 Å². The highest BCUT2D eigenvalue weighted by atomic mass is 16.5. The fraction of sp³-hybridized carbons (Fsp3) is 0.444. The van der Waals surface area contributed by atoms with Crippen LogP contribution in [0.1, 0.15) is 66.6 Å². The molecule has 170 valence electrons. The van der Waals surface area contributed by atoms with Gasteiger partial charge in [-0.1, -0.05) is 25.0 Å². The molecule has 0 bridgehead atoms. The number of carbonyl (C=O) groups excluding carboxylic acids is 1. The lowest BCUT2D eigenvalue weighted by Crippen LogP contribution is -2.24. The van der Waals surface area contributed by atoms with Crippen LogP contribution in [-0.4, -0.2) is 42.0 Å². The molecule has 2 aliphatic heterocycles. The quantitative estimate of drug-likeness (QED) is 0.605. The van der Waals surface area contributed by atoms with Gasteiger partial charge in [-0.25, -0.2) is 0 Å². The number of hydrogen-bond donors (Lipinski definition) is 1. The van der Waals surface area contributed by atoms with E-state index >= 15 is 0 Å². The highest BCUT2D eigenvalue weighted by Crippen LogP contribution is 2.42. The summed E-state index contributed by atoms with van der Waals surface area (Å²) in [5.74, 6) is 0.953. The first kappa shape index (κ1) is 22.4. The van der Waals surface area contributed by atoms with Crippen LogP contribution < -0.4 is 9.64 Å². The Hall–Kier alpha value is -2.79. The predicted octanol–water partition coefficient (Wildman–Crippen LogP) is 5.54. The fourth-order valence-electron chi connectivity index (χ4n) is 4.77. The van der Waals surface area contributed by atoms with Gasteiger partial charge in [-0.05, 0) is 82.1 Å². The molecule has 2 aromatic carbocycles. The molecule has 0 spiro atoms. The lowest BCUT2D eigenvalue weighted by atomic mass is 9.99. The highest BCUT2D eigenvalue weighted by Gasteiger charge is 2.33. The van der Waals surface area contributed by atoms with Gasteiger partial charge in [0.2, 0.25) is 5.78 Å². The van der Waals surface area contributed by atoms with Gasteiger partial charge in [0.05, 0.1) is 11.1 Å². The average Bonchev–Trinajstić information content (AvgIpc) is 2.94. The zero-order valence-corrected chi connectivity index (χ0v) is 19.5. The molecule has 0 radical (unpaired) electrons. The molecule has 2 aliphatic rings. The normalized spacial score (nSPS) is 17.8. The summed E-state index contributed by atoms with van der Waals surface area (Å²) >= 11 is 0. The minimum atomic E-state index is -0.109. The van der Waals surface area contributed by atoms with E-state index in [1.165, 1.54) is 31.4 Å². The van der Waals surface area contributed by atoms with E-state index in [9.17, 15) is 9.90 Å². The maximum absolute atomic E-state index is 13.2. The van der Waals surface area contributed by atoms with Crippen molar-refractivity contribution in [3.63, 3.8) is 0 Å². The van der Waals surface area contributed by atoms with E-state index in [0.29, 0.717) is 23.6 Å². The molecule has 1 saturated heterocycles. The molecule has 0 unspecified atom stereocenters. The van der Waals surface area contributed by atoms with Crippen molar-refractivity contribution in [1.29, 1.82) is 0 Å². The number of Topliss-reactive ketones (excluding diaryl/α,β-unsaturated/α-hetero) is 1. The molecular formula is C27H34N2O3. The highest BCUT2D eigenvalue weighted by molar-refractivity contribution is 6.15. The molecule has 1 N–H and O–H groups in total. The number of anilines is 1. The van der Waals surface area contributed by atoms with Gasteiger partial charge in [0.25, 0.3) is 0 Å². The fourth-order valence-corrected chi connectivity index (χ4v) is 4.77. The Kier molecular flexibility index (Phi) is 6.85. The van der Waals surface area contributed by atoms with Gasteiger partial charge < -0.3 is 14.7 Å². The summed E-state index contributed by atoms with van der Waals surface area (Å²) in [5, 5.41) is 10.7. The van der Waals surface area contributed by atoms with Gasteiger partial charge in [-0.3, -0.25) is 9.69 Å². The molecule has 1 fully saturated rings. The van der Waals surface area contributed by atoms with Crippen molar-refractivity contribution in [2.75, 3.05) is 31.1 Å². The number of ketones is 1. The first-order valence-corrected chi connectivity index (χ1v) is 11.9. The van der Waals surface area contributed by atoms with Crippen LogP contribution >= 0.6 is 0 Å². The summed E-state index contributed by atoms with van der Waals surface area (Å²) < 4.78 is 6.12. The minimum absolute atomic E-state index is 0.109. The Morgan fingerprint density at radius 3 is 2.34 bits per heavy atom. The number of fused-ring (bicyclic) bond motifs is 1. The summed E-state index contributed by atoms with van der Waals surface area (Å²) in [5.41, 5.74) is 4.15. The number of hydrogen-bond acceptors (Lipinski definition) is 5. The number of aromatic hydroxyl groups is 1. The second-order valence-electron chi connectivity index (χ2n) is 8.79. The molecule has 5 nitrogen and oxygen atoms in total. The lowest BCUT2D eigenvalue weighted by molar-refractivity contribution is 0.101. The summed E-state index contributed by atoms with van der Waals surface area (Å²) in [7, 11) is 0. The molecule has 2 aromatic rings. The summed E-state index contributed by atoms with van der Waals surface area (Å²) in [6.45, 7) is 10.7. The number of aryl methyl sites for hydroxylation is 1. The zero-order valence-electron chi connectivity index (χ0n) is 19.5. The number of ether oxygens (including phenoxy) is 1. The smallest absolute Gasteiger partial charge is 0.232 e. The van der Waals surface area contributed by atoms with Crippen LogP contribution in [0.3, 0.4) is 0 Å². The van der Waals surface area contributed by atoms with Crippen LogP contribution in [0.2, 0.25) is 0 Å². The van der Waals surface area contributed by atoms with Gasteiger partial charge in [0.1, 0.15) is 11.5 Å². The Balaban J connectivity index is 1.61. The molecule has 5 heteroatoms. The maximum Gasteiger partial charge on any atom is 0.232 e. The average molecular weight is 435 g/mol. The zero-order chi connectivity index (χ0) is 22.7. The molecule has 0 saturated carbocycles. The van der Waals surface area contributed by atoms with E-state index in [4.69, 9.17) is 4.74 Å². The Labute approximate surface area is 191 Å². The first-order chi connectivity index (χ1) is 15.5. The molecule has 0 aliphatic carbocycles. The van der Waals surface area contributed by atoms with Gasteiger partial charge >= 0.3 is 0 Å². The third-order valence-electron chi connectivity index (χ3n) is 6.62. The topological polar surface area (TPSA) is 53.0 Å². The minimum Gasteiger partial charge on any atom is -0.507 e. The number of phenolic OH excluding ortho intramolecular Hbond substituents is 1. The SMILES string of the molecule is CCN(CC)c1ccc(/C=C2\Oc3c(CN4CCCCCC4)c(O)cc(C)c3C2=O)cc1. The number of benzene rings is 2. The molecule has 32 heavy (non-hydrogen) atoms. The van der Waals surface area contributed by atoms with Crippen LogP contribution in [-0.2, 0) is 6.54 Å². The second-order valence-corrected chi connectivity index (χ2v) is 8.79. The number of likely N-dealkylation sites (tertiary alicyclic amines) is 1. The Bertz CT molecular complexity index is 999. The van der Waals surface area contributed by atoms with E-state index in [1.807, 2.05) is 19.1 Å². The van der Waals surface area contributed by atoms with Crippen molar-refractivity contribution >= 4 is 17.5 Å². The molecule has 0 atom stereocenters. The van der Waals surface area contributed by atoms with Gasteiger partial charge in [-0.15, -0.1) is 0 Å². The standard InChI is InChI=1S/C27H34N2O3/c1-4-29(5-2)21-12-10-20(11-13-21)17-24-26(31)25-19(3)16-23(30)22(27(25)32-24)18-28-14-8-6-7-9-15-28/h10-13,16-17,30H,4-9,14-15,18H2,1-3H3/b24-17-. The largest absolute Gasteiger partial charge is 0.507 e. The van der Waals surface area contributed by atoms with Crippen molar-refractivity contribution in [3.05, 3.63) is 58.3 Å². The van der Waals surface area contributed by atoms with E-state index in [0.717, 1.165) is 42.9 Å². The van der Waals surface area contributed by atoms with Crippen LogP contribution in [0.15, 0.2) is 36.1 Å². The van der Waals surface area contributed by atoms with Crippen LogP contribution in [0.5, 0.6) is 11.5 Å². The van der Waals surface area contributed by atoms with Crippen LogP contribution in [0, 0.1) is 6.92 Å². The predicted molar refractivity (Wildman–Crippen MR) is 130 cm³/mol. The maximum atomic E-state index is 13.2. The number of phenols is 1. The van der Waals surface area contributed by atoms with Crippen molar-refractivity contribution in [2.45, 2.75) is 53.0 Å². The van der Waals surface area contributed by atoms with E-state index in [2.05, 4.69) is 35.8 Å². The number of carbonyl (C=O) groups is 1. The van der Waals surface area contributed by atoms with Crippen molar-refractivity contribution in [3.8, 4) is 11.5 Å². The number of allylic oxidation sites excluding steroid dienone is 1. The van der Waals surface area contributed by atoms with Crippen molar-refractivity contribution < 1.29 is 14.6 Å². The monoisotopic (exact) mass is 434 g/mol. The van der Waals surface area contributed by atoms with Gasteiger partial charge in [0.15, 0.2) is 5.76 Å². The first-order valence-electron chi connectivity index (χ1n) is 11.9. The molecule has 2 heterocycles. The summed E-state index contributed by atoms with van der Waals surface area (Å²) in [6, 6.07) is 9.89. The second kappa shape index (κ2) is 9.78. The van der Waals surface area contributed by atoms with Crippen LogP contribution in [0.25, 0.3) is 6.08 Å². The lowest BCUT2D eigenvalue weighted by Gasteiger charge is -2.22.